The average molecular weight is 1040 g/mol. The maximum Gasteiger partial charge on any atom is 0.187 e. The van der Waals surface area contributed by atoms with Crippen LogP contribution < -0.4 is 0 Å². The van der Waals surface area contributed by atoms with Crippen molar-refractivity contribution >= 4 is 0 Å². The predicted octanol–water partition coefficient (Wildman–Crippen LogP) is -2.37. The summed E-state index contributed by atoms with van der Waals surface area (Å²) in [5.41, 5.74) is 1.05. The lowest BCUT2D eigenvalue weighted by Crippen LogP contribution is -2.66. The highest BCUT2D eigenvalue weighted by molar-refractivity contribution is 5.26. The molecule has 5 saturated heterocycles. The van der Waals surface area contributed by atoms with E-state index in [0.29, 0.717) is 43.4 Å². The van der Waals surface area contributed by atoms with Gasteiger partial charge in [0.15, 0.2) is 30.9 Å². The van der Waals surface area contributed by atoms with Gasteiger partial charge in [0.05, 0.1) is 44.7 Å². The Hall–Kier alpha value is -1.14. The first-order chi connectivity index (χ1) is 34.0. The van der Waals surface area contributed by atoms with Gasteiger partial charge in [0, 0.05) is 12.3 Å². The minimum Gasteiger partial charge on any atom is -0.394 e. The largest absolute Gasteiger partial charge is 0.394 e. The van der Waals surface area contributed by atoms with Crippen molar-refractivity contribution in [1.82, 2.24) is 0 Å². The van der Waals surface area contributed by atoms with Gasteiger partial charge in [-0.25, -0.2) is 0 Å². The molecule has 414 valence electrons. The normalized spacial score (nSPS) is 55.1. The smallest absolute Gasteiger partial charge is 0.187 e. The topological polar surface area (TPSA) is 346 Å². The fraction of sp³-hybridized carbons (Fsp3) is 0.960. The van der Waals surface area contributed by atoms with E-state index in [-0.39, 0.29) is 41.3 Å². The molecule has 5 heterocycles. The molecule has 0 unspecified atom stereocenters. The Labute approximate surface area is 419 Å². The summed E-state index contributed by atoms with van der Waals surface area (Å²) in [6, 6.07) is 0. The van der Waals surface area contributed by atoms with E-state index in [9.17, 15) is 66.4 Å². The molecule has 0 spiro atoms. The Kier molecular flexibility index (Phi) is 16.7. The van der Waals surface area contributed by atoms with Crippen molar-refractivity contribution < 1.29 is 109 Å². The molecule has 8 fully saturated rings. The molecule has 5 aliphatic heterocycles. The monoisotopic (exact) mass is 1030 g/mol. The lowest BCUT2D eigenvalue weighted by molar-refractivity contribution is -0.390. The molecule has 0 bridgehead atoms. The van der Waals surface area contributed by atoms with Crippen molar-refractivity contribution in [1.29, 1.82) is 0 Å². The first kappa shape index (κ1) is 55.6. The molecular weight excluding hydrogens is 953 g/mol. The lowest BCUT2D eigenvalue weighted by Gasteiger charge is -2.58. The molecule has 0 radical (unpaired) electrons. The summed E-state index contributed by atoms with van der Waals surface area (Å²) in [6.45, 7) is 8.79. The van der Waals surface area contributed by atoms with E-state index in [2.05, 4.69) is 26.8 Å². The number of allylic oxidation sites excluding steroid dienone is 1. The SMILES string of the molecule is C[C@H](CC[C@@]1(O)O[C@H]2C[C@H]3[C@@H]4CC=C5C[C@@H](O[C@@H]6O[C@H](CO)[C@@H](O)[C@H](O[C@@H]7OC[C@H](O)[C@@H](O)[C@@H]7O)[C@H]6O[C@@H]6O[C@@H](C)[C@H](O)[C@@H](O)[C@H]6O)CC[C@]5(C)[C@H]4CC[C@]3(C)[C@H]2[C@@H]1C)CO[C@@H]1O[C@H](CO)[C@@H](O)[C@H](O)[C@H]1O. The number of ether oxygens (including phenoxy) is 9. The summed E-state index contributed by atoms with van der Waals surface area (Å²) in [5.74, 6) is -0.253. The third kappa shape index (κ3) is 9.91. The van der Waals surface area contributed by atoms with Gasteiger partial charge >= 0.3 is 0 Å². The summed E-state index contributed by atoms with van der Waals surface area (Å²) in [5, 5.41) is 138. The second kappa shape index (κ2) is 21.6. The van der Waals surface area contributed by atoms with Crippen molar-refractivity contribution in [3.05, 3.63) is 11.6 Å². The maximum atomic E-state index is 12.1. The van der Waals surface area contributed by atoms with Crippen LogP contribution in [0.1, 0.15) is 92.4 Å². The van der Waals surface area contributed by atoms with Gasteiger partial charge in [-0.3, -0.25) is 0 Å². The Morgan fingerprint density at radius 2 is 1.35 bits per heavy atom. The van der Waals surface area contributed by atoms with Crippen molar-refractivity contribution in [3.8, 4) is 0 Å². The molecule has 0 aromatic carbocycles. The van der Waals surface area contributed by atoms with Crippen LogP contribution in [0.3, 0.4) is 0 Å². The van der Waals surface area contributed by atoms with E-state index in [1.807, 2.05) is 6.92 Å². The van der Waals surface area contributed by atoms with Crippen molar-refractivity contribution in [2.24, 2.45) is 46.3 Å². The summed E-state index contributed by atoms with van der Waals surface area (Å²) in [4.78, 5) is 0. The van der Waals surface area contributed by atoms with Crippen molar-refractivity contribution in [2.75, 3.05) is 26.4 Å². The molecule has 0 aromatic rings. The van der Waals surface area contributed by atoms with Gasteiger partial charge in [-0.15, -0.1) is 0 Å². The second-order valence-electron chi connectivity index (χ2n) is 23.4. The number of aliphatic hydroxyl groups is 13. The molecule has 0 aromatic heterocycles. The Bertz CT molecular complexity index is 1860. The van der Waals surface area contributed by atoms with Gasteiger partial charge in [-0.1, -0.05) is 39.3 Å². The molecule has 0 amide bonds. The molecule has 4 aliphatic carbocycles. The third-order valence-corrected chi connectivity index (χ3v) is 19.1. The van der Waals surface area contributed by atoms with Crippen LogP contribution >= 0.6 is 0 Å². The fourth-order valence-corrected chi connectivity index (χ4v) is 14.7. The summed E-state index contributed by atoms with van der Waals surface area (Å²) in [7, 11) is 0. The summed E-state index contributed by atoms with van der Waals surface area (Å²) >= 11 is 0. The van der Waals surface area contributed by atoms with Crippen LogP contribution in [0, 0.1) is 46.3 Å². The van der Waals surface area contributed by atoms with Gasteiger partial charge in [0.1, 0.15) is 85.5 Å². The van der Waals surface area contributed by atoms with Crippen molar-refractivity contribution in [3.63, 3.8) is 0 Å². The van der Waals surface area contributed by atoms with E-state index < -0.39 is 148 Å². The number of fused-ring (bicyclic) bond motifs is 7. The van der Waals surface area contributed by atoms with E-state index in [4.69, 9.17) is 42.6 Å². The standard InChI is InChI=1S/C50H82O22/c1-20(18-64-44-40(61)38(59)35(56)30(16-51)68-44)8-13-50(63)21(2)32-29(72-50)15-27-25-7-6-23-14-24(9-11-48(23,4)26(25)10-12-49(27,32)5)67-47-43(71-46-41(62)37(58)33(54)22(3)66-46)42(36(57)31(17-52)69-47)70-45-39(60)34(55)28(53)19-65-45/h6,20-22,24-47,51-63H,7-19H2,1-5H3/t20-,21+,22+,24+,25-,26+,27+,28+,29+,30-,31-,32+,33+,34-,35-,36-,37-,38+,39+,40-,41-,42+,43-,44-,45+,46+,47-,48+,49+,50-/m1/s1. The first-order valence-corrected chi connectivity index (χ1v) is 26.3. The maximum absolute atomic E-state index is 12.1. The molecule has 22 heteroatoms. The number of rotatable bonds is 14. The molecule has 9 aliphatic rings. The molecule has 3 saturated carbocycles. The Balaban J connectivity index is 0.856. The van der Waals surface area contributed by atoms with Crippen LogP contribution in [0.4, 0.5) is 0 Å². The highest BCUT2D eigenvalue weighted by atomic mass is 16.8. The fourth-order valence-electron chi connectivity index (χ4n) is 14.7. The van der Waals surface area contributed by atoms with E-state index in [1.165, 1.54) is 12.5 Å². The quantitative estimate of drug-likeness (QED) is 0.0809. The molecule has 72 heavy (non-hydrogen) atoms. The molecule has 22 nitrogen and oxygen atoms in total. The number of hydrogen-bond donors (Lipinski definition) is 13. The Morgan fingerprint density at radius 1 is 0.694 bits per heavy atom. The predicted molar refractivity (Wildman–Crippen MR) is 244 cm³/mol. The third-order valence-electron chi connectivity index (χ3n) is 19.1. The van der Waals surface area contributed by atoms with E-state index in [1.54, 1.807) is 0 Å². The highest BCUT2D eigenvalue weighted by Gasteiger charge is 2.68. The molecular formula is C50H82O22. The first-order valence-electron chi connectivity index (χ1n) is 26.3. The van der Waals surface area contributed by atoms with Crippen molar-refractivity contribution in [2.45, 2.75) is 227 Å². The van der Waals surface area contributed by atoms with Crippen LogP contribution in [-0.2, 0) is 42.6 Å². The number of aliphatic hydroxyl groups excluding tert-OH is 12. The average Bonchev–Trinajstić information content (AvgIpc) is 3.80. The van der Waals surface area contributed by atoms with E-state index >= 15 is 0 Å². The van der Waals surface area contributed by atoms with Crippen LogP contribution in [0.25, 0.3) is 0 Å². The van der Waals surface area contributed by atoms with Crippen LogP contribution in [-0.4, -0.2) is 228 Å². The lowest BCUT2D eigenvalue weighted by atomic mass is 9.47. The molecule has 30 atom stereocenters. The van der Waals surface area contributed by atoms with Gasteiger partial charge in [-0.05, 0) is 98.7 Å². The second-order valence-corrected chi connectivity index (χ2v) is 23.4. The van der Waals surface area contributed by atoms with Crippen LogP contribution in [0.5, 0.6) is 0 Å². The van der Waals surface area contributed by atoms with Crippen LogP contribution in [0.15, 0.2) is 11.6 Å². The van der Waals surface area contributed by atoms with Gasteiger partial charge in [0.2, 0.25) is 0 Å². The Morgan fingerprint density at radius 3 is 2.07 bits per heavy atom. The number of hydrogen-bond acceptors (Lipinski definition) is 22. The molecule has 13 N–H and O–H groups in total. The summed E-state index contributed by atoms with van der Waals surface area (Å²) in [6.07, 6.45) is -19.6. The van der Waals surface area contributed by atoms with Crippen LogP contribution in [0.2, 0.25) is 0 Å². The molecule has 9 rings (SSSR count). The summed E-state index contributed by atoms with van der Waals surface area (Å²) < 4.78 is 54.6. The zero-order valence-electron chi connectivity index (χ0n) is 41.8. The zero-order chi connectivity index (χ0) is 51.9. The van der Waals surface area contributed by atoms with Gasteiger partial charge in [-0.2, -0.15) is 0 Å². The van der Waals surface area contributed by atoms with Gasteiger partial charge in [0.25, 0.3) is 0 Å². The minimum absolute atomic E-state index is 0.0620. The van der Waals surface area contributed by atoms with Gasteiger partial charge < -0.3 is 109 Å². The minimum atomic E-state index is -1.76. The van der Waals surface area contributed by atoms with E-state index in [0.717, 1.165) is 32.1 Å². The highest BCUT2D eigenvalue weighted by Crippen LogP contribution is 2.70. The zero-order valence-corrected chi connectivity index (χ0v) is 41.8.